The lowest BCUT2D eigenvalue weighted by molar-refractivity contribution is -0.00259. The minimum Gasteiger partial charge on any atom is -0.371 e. The van der Waals surface area contributed by atoms with Crippen molar-refractivity contribution in [2.45, 2.75) is 15.9 Å². The van der Waals surface area contributed by atoms with Crippen LogP contribution in [0.25, 0.3) is 0 Å². The summed E-state index contributed by atoms with van der Waals surface area (Å²) in [4.78, 5) is -0.364. The molecule has 0 spiro atoms. The van der Waals surface area contributed by atoms with Gasteiger partial charge in [-0.25, -0.2) is 22.0 Å². The summed E-state index contributed by atoms with van der Waals surface area (Å²) in [6.45, 7) is 0.528. The summed E-state index contributed by atoms with van der Waals surface area (Å²) in [5.74, 6) is 0. The van der Waals surface area contributed by atoms with E-state index < -0.39 is 26.2 Å². The van der Waals surface area contributed by atoms with Crippen molar-refractivity contribution in [3.05, 3.63) is 42.2 Å². The van der Waals surface area contributed by atoms with Gasteiger partial charge in [0.05, 0.1) is 28.7 Å². The maximum absolute atomic E-state index is 12.9. The highest BCUT2D eigenvalue weighted by Crippen LogP contribution is 2.27. The first-order chi connectivity index (χ1) is 11.7. The van der Waals surface area contributed by atoms with E-state index in [2.05, 4.69) is 5.10 Å². The van der Waals surface area contributed by atoms with Crippen LogP contribution in [0.4, 0.5) is 0 Å². The number of nitrogens with zero attached hydrogens (tertiary/aromatic N) is 3. The monoisotopic (exact) mass is 386 g/mol. The minimum atomic E-state index is -3.99. The first-order valence-electron chi connectivity index (χ1n) is 7.41. The molecule has 1 fully saturated rings. The predicted molar refractivity (Wildman–Crippen MR) is 88.5 cm³/mol. The van der Waals surface area contributed by atoms with Gasteiger partial charge in [0.1, 0.15) is 0 Å². The van der Waals surface area contributed by atoms with Gasteiger partial charge in [0.15, 0.2) is 0 Å². The molecule has 9 nitrogen and oxygen atoms in total. The van der Waals surface area contributed by atoms with E-state index in [1.807, 2.05) is 0 Å². The summed E-state index contributed by atoms with van der Waals surface area (Å²) < 4.78 is 57.2. The molecule has 3 rings (SSSR count). The Labute approximate surface area is 146 Å². The summed E-state index contributed by atoms with van der Waals surface area (Å²) in [7, 11) is -6.10. The molecule has 1 atom stereocenters. The van der Waals surface area contributed by atoms with Crippen LogP contribution in [0.1, 0.15) is 11.7 Å². The third-order valence-electron chi connectivity index (χ3n) is 3.90. The van der Waals surface area contributed by atoms with E-state index in [0.717, 1.165) is 11.6 Å². The van der Waals surface area contributed by atoms with E-state index in [0.29, 0.717) is 0 Å². The highest BCUT2D eigenvalue weighted by atomic mass is 32.2. The molecule has 2 N–H and O–H groups in total. The zero-order valence-corrected chi connectivity index (χ0v) is 15.1. The topological polar surface area (TPSA) is 125 Å². The smallest absolute Gasteiger partial charge is 0.243 e. The van der Waals surface area contributed by atoms with E-state index in [9.17, 15) is 16.8 Å². The lowest BCUT2D eigenvalue weighted by Crippen LogP contribution is -2.42. The molecule has 1 aliphatic heterocycles. The number of hydrogen-bond donors (Lipinski definition) is 1. The Bertz CT molecular complexity index is 984. The number of aryl methyl sites for hydroxylation is 1. The standard InChI is InChI=1S/C14H18N4O5S2/c1-17-9-11(8-16-17)14-10-18(5-6-23-14)25(21,22)13-4-2-3-12(7-13)24(15,19)20/h2-4,7-9,14H,5-6,10H2,1H3,(H2,15,19,20)/t14-/m0/s1. The van der Waals surface area contributed by atoms with Gasteiger partial charge in [0, 0.05) is 31.9 Å². The maximum atomic E-state index is 12.9. The van der Waals surface area contributed by atoms with Gasteiger partial charge in [0.2, 0.25) is 20.0 Å². The highest BCUT2D eigenvalue weighted by Gasteiger charge is 2.32. The number of benzene rings is 1. The lowest BCUT2D eigenvalue weighted by atomic mass is 10.2. The fourth-order valence-electron chi connectivity index (χ4n) is 2.61. The van der Waals surface area contributed by atoms with Crippen LogP contribution in [0.15, 0.2) is 46.5 Å². The Hall–Kier alpha value is -1.79. The van der Waals surface area contributed by atoms with Gasteiger partial charge < -0.3 is 4.74 Å². The molecule has 0 amide bonds. The largest absolute Gasteiger partial charge is 0.371 e. The molecular weight excluding hydrogens is 368 g/mol. The van der Waals surface area contributed by atoms with E-state index in [1.54, 1.807) is 24.1 Å². The molecule has 0 unspecified atom stereocenters. The van der Waals surface area contributed by atoms with E-state index >= 15 is 0 Å². The number of rotatable bonds is 4. The SMILES string of the molecule is Cn1cc([C@@H]2CN(S(=O)(=O)c3cccc(S(N)(=O)=O)c3)CCO2)cn1. The summed E-state index contributed by atoms with van der Waals surface area (Å²) in [6.07, 6.45) is 2.96. The van der Waals surface area contributed by atoms with Crippen LogP contribution >= 0.6 is 0 Å². The highest BCUT2D eigenvalue weighted by molar-refractivity contribution is 7.90. The van der Waals surface area contributed by atoms with Crippen molar-refractivity contribution in [2.24, 2.45) is 12.2 Å². The van der Waals surface area contributed by atoms with Crippen molar-refractivity contribution < 1.29 is 21.6 Å². The molecule has 136 valence electrons. The van der Waals surface area contributed by atoms with Crippen molar-refractivity contribution in [1.82, 2.24) is 14.1 Å². The Morgan fingerprint density at radius 2 is 1.96 bits per heavy atom. The van der Waals surface area contributed by atoms with Crippen LogP contribution in [0.5, 0.6) is 0 Å². The summed E-state index contributed by atoms with van der Waals surface area (Å²) in [5.41, 5.74) is 0.778. The average molecular weight is 386 g/mol. The van der Waals surface area contributed by atoms with Crippen LogP contribution in [0.2, 0.25) is 0 Å². The zero-order chi connectivity index (χ0) is 18.2. The second-order valence-electron chi connectivity index (χ2n) is 5.69. The van der Waals surface area contributed by atoms with Crippen LogP contribution in [-0.4, -0.2) is 50.6 Å². The number of nitrogens with two attached hydrogens (primary N) is 1. The summed E-state index contributed by atoms with van der Waals surface area (Å²) in [5, 5.41) is 9.15. The Kier molecular flexibility index (Phi) is 4.68. The molecule has 1 aromatic carbocycles. The van der Waals surface area contributed by atoms with Crippen molar-refractivity contribution in [3.8, 4) is 0 Å². The minimum absolute atomic E-state index is 0.119. The van der Waals surface area contributed by atoms with Gasteiger partial charge in [-0.05, 0) is 18.2 Å². The van der Waals surface area contributed by atoms with Crippen molar-refractivity contribution in [1.29, 1.82) is 0 Å². The summed E-state index contributed by atoms with van der Waals surface area (Å²) >= 11 is 0. The van der Waals surface area contributed by atoms with Gasteiger partial charge in [-0.2, -0.15) is 9.40 Å². The van der Waals surface area contributed by atoms with Crippen LogP contribution < -0.4 is 5.14 Å². The first-order valence-corrected chi connectivity index (χ1v) is 10.4. The third kappa shape index (κ3) is 3.75. The second-order valence-corrected chi connectivity index (χ2v) is 9.19. The number of primary sulfonamides is 1. The molecular formula is C14H18N4O5S2. The number of morpholine rings is 1. The molecule has 2 heterocycles. The maximum Gasteiger partial charge on any atom is 0.243 e. The molecule has 1 saturated heterocycles. The molecule has 0 saturated carbocycles. The third-order valence-corrected chi connectivity index (χ3v) is 6.67. The number of ether oxygens (including phenoxy) is 1. The van der Waals surface area contributed by atoms with Gasteiger partial charge >= 0.3 is 0 Å². The van der Waals surface area contributed by atoms with Crippen LogP contribution in [0.3, 0.4) is 0 Å². The predicted octanol–water partition coefficient (Wildman–Crippen LogP) is -0.170. The molecule has 0 aliphatic carbocycles. The molecule has 0 radical (unpaired) electrons. The Morgan fingerprint density at radius 1 is 1.24 bits per heavy atom. The average Bonchev–Trinajstić information content (AvgIpc) is 3.01. The Morgan fingerprint density at radius 3 is 2.60 bits per heavy atom. The zero-order valence-electron chi connectivity index (χ0n) is 13.4. The van der Waals surface area contributed by atoms with Crippen LogP contribution in [0, 0.1) is 0 Å². The Balaban J connectivity index is 1.89. The number of hydrogen-bond acceptors (Lipinski definition) is 6. The fraction of sp³-hybridized carbons (Fsp3) is 0.357. The molecule has 0 bridgehead atoms. The van der Waals surface area contributed by atoms with Gasteiger partial charge in [-0.1, -0.05) is 6.07 Å². The molecule has 1 aliphatic rings. The van der Waals surface area contributed by atoms with E-state index in [4.69, 9.17) is 9.88 Å². The van der Waals surface area contributed by atoms with E-state index in [-0.39, 0.29) is 29.5 Å². The fourth-order valence-corrected chi connectivity index (χ4v) is 4.72. The molecule has 25 heavy (non-hydrogen) atoms. The lowest BCUT2D eigenvalue weighted by Gasteiger charge is -2.31. The quantitative estimate of drug-likeness (QED) is 0.778. The molecule has 2 aromatic rings. The normalized spacial score (nSPS) is 19.8. The molecule has 1 aromatic heterocycles. The van der Waals surface area contributed by atoms with Crippen molar-refractivity contribution in [3.63, 3.8) is 0 Å². The van der Waals surface area contributed by atoms with Gasteiger partial charge in [-0.3, -0.25) is 4.68 Å². The van der Waals surface area contributed by atoms with Gasteiger partial charge in [-0.15, -0.1) is 0 Å². The van der Waals surface area contributed by atoms with E-state index in [1.165, 1.54) is 22.5 Å². The van der Waals surface area contributed by atoms with Crippen LogP contribution in [-0.2, 0) is 31.8 Å². The van der Waals surface area contributed by atoms with Crippen molar-refractivity contribution in [2.75, 3.05) is 19.7 Å². The first kappa shape index (κ1) is 18.0. The number of sulfonamides is 2. The second kappa shape index (κ2) is 6.50. The number of aromatic nitrogens is 2. The van der Waals surface area contributed by atoms with Gasteiger partial charge in [0.25, 0.3) is 0 Å². The van der Waals surface area contributed by atoms with Crippen molar-refractivity contribution >= 4 is 20.0 Å². The summed E-state index contributed by atoms with van der Waals surface area (Å²) in [6, 6.07) is 5.02. The molecule has 11 heteroatoms.